The fourth-order valence-electron chi connectivity index (χ4n) is 11.0. The van der Waals surface area contributed by atoms with Gasteiger partial charge >= 0.3 is 0 Å². The summed E-state index contributed by atoms with van der Waals surface area (Å²) in [5, 5.41) is 87.4. The molecule has 0 bridgehead atoms. The largest absolute Gasteiger partial charge is 0.394 e. The second-order valence-corrected chi connectivity index (χ2v) is 23.2. The van der Waals surface area contributed by atoms with Crippen LogP contribution in [0, 0.1) is 0 Å². The van der Waals surface area contributed by atoms with Crippen molar-refractivity contribution in [3.8, 4) is 0 Å². The maximum absolute atomic E-state index is 13.3. The van der Waals surface area contributed by atoms with E-state index in [1.54, 1.807) is 0 Å². The molecule has 0 saturated carbocycles. The van der Waals surface area contributed by atoms with E-state index in [1.807, 2.05) is 0 Å². The number of nitrogens with one attached hydrogen (secondary N) is 1. The minimum absolute atomic E-state index is 0.211. The molecule has 2 aliphatic rings. The first-order valence-corrected chi connectivity index (χ1v) is 32.4. The van der Waals surface area contributed by atoms with Gasteiger partial charge in [0.05, 0.1) is 32.0 Å². The molecule has 0 aromatic carbocycles. The number of allylic oxidation sites excluding steroid dienone is 2. The van der Waals surface area contributed by atoms with Gasteiger partial charge in [-0.15, -0.1) is 0 Å². The van der Waals surface area contributed by atoms with Crippen LogP contribution in [0.5, 0.6) is 0 Å². The van der Waals surface area contributed by atoms with Crippen LogP contribution in [0.4, 0.5) is 0 Å². The molecule has 14 nitrogen and oxygen atoms in total. The third-order valence-electron chi connectivity index (χ3n) is 16.2. The standard InChI is InChI=1S/C63H121NO13/c1-3-5-7-9-11-13-15-17-19-21-22-23-24-25-26-27-28-29-30-31-32-34-36-38-40-42-44-46-52(67)51(64-55(68)47-45-43-41-39-37-35-33-20-18-16-14-12-10-8-6-4-2)50-74-62-60(73)58(71)61(54(49-66)76-62)77-63-59(72)57(70)56(69)53(48-65)75-63/h20,33,51-54,56-63,65-67,69-73H,3-19,21-32,34-50H2,1-2H3,(H,64,68)/b33-20-. The number of hydrogen-bond donors (Lipinski definition) is 9. The number of amides is 1. The van der Waals surface area contributed by atoms with E-state index < -0.39 is 86.8 Å². The summed E-state index contributed by atoms with van der Waals surface area (Å²) in [5.41, 5.74) is 0. The van der Waals surface area contributed by atoms with Crippen molar-refractivity contribution in [2.45, 2.75) is 364 Å². The Morgan fingerprint density at radius 3 is 1.23 bits per heavy atom. The summed E-state index contributed by atoms with van der Waals surface area (Å²) >= 11 is 0. The van der Waals surface area contributed by atoms with Crippen LogP contribution in [-0.2, 0) is 23.7 Å². The van der Waals surface area contributed by atoms with Crippen molar-refractivity contribution in [3.63, 3.8) is 0 Å². The highest BCUT2D eigenvalue weighted by molar-refractivity contribution is 5.76. The molecule has 1 amide bonds. The van der Waals surface area contributed by atoms with E-state index in [0.717, 1.165) is 64.2 Å². The topological polar surface area (TPSA) is 228 Å². The summed E-state index contributed by atoms with van der Waals surface area (Å²) in [6.45, 7) is 2.89. The van der Waals surface area contributed by atoms with E-state index in [9.17, 15) is 45.6 Å². The average molecular weight is 1100 g/mol. The quantitative estimate of drug-likeness (QED) is 0.0204. The lowest BCUT2D eigenvalue weighted by Crippen LogP contribution is -2.65. The van der Waals surface area contributed by atoms with Gasteiger partial charge in [0.15, 0.2) is 12.6 Å². The van der Waals surface area contributed by atoms with Gasteiger partial charge in [0.25, 0.3) is 0 Å². The molecule has 2 aliphatic heterocycles. The molecule has 77 heavy (non-hydrogen) atoms. The Balaban J connectivity index is 1.69. The van der Waals surface area contributed by atoms with Crippen LogP contribution in [0.3, 0.4) is 0 Å². The number of unbranched alkanes of at least 4 members (excludes halogenated alkanes) is 38. The number of carbonyl (C=O) groups is 1. The molecule has 9 N–H and O–H groups in total. The van der Waals surface area contributed by atoms with Crippen molar-refractivity contribution in [2.75, 3.05) is 19.8 Å². The maximum Gasteiger partial charge on any atom is 0.220 e. The summed E-state index contributed by atoms with van der Waals surface area (Å²) in [5.74, 6) is -0.211. The number of aliphatic hydroxyl groups is 8. The summed E-state index contributed by atoms with van der Waals surface area (Å²) in [4.78, 5) is 13.3. The SMILES string of the molecule is CCCCCCCCC/C=C\CCCCCCCC(=O)NC(COC1OC(CO)C(OC2OC(CO)C(O)C(O)C2O)C(O)C1O)C(O)CCCCCCCCCCCCCCCCCCCCCCCCCCCCC. The molecular formula is C63H121NO13. The Morgan fingerprint density at radius 1 is 0.455 bits per heavy atom. The van der Waals surface area contributed by atoms with E-state index >= 15 is 0 Å². The molecule has 0 spiro atoms. The van der Waals surface area contributed by atoms with Crippen LogP contribution >= 0.6 is 0 Å². The lowest BCUT2D eigenvalue weighted by atomic mass is 9.97. The lowest BCUT2D eigenvalue weighted by molar-refractivity contribution is -0.359. The van der Waals surface area contributed by atoms with Crippen molar-refractivity contribution in [1.82, 2.24) is 5.32 Å². The van der Waals surface area contributed by atoms with Crippen LogP contribution in [-0.4, -0.2) is 140 Å². The molecule has 2 saturated heterocycles. The van der Waals surface area contributed by atoms with Crippen LogP contribution in [0.15, 0.2) is 12.2 Å². The molecule has 14 heteroatoms. The summed E-state index contributed by atoms with van der Waals surface area (Å²) in [7, 11) is 0. The van der Waals surface area contributed by atoms with Gasteiger partial charge in [-0.3, -0.25) is 4.79 Å². The number of ether oxygens (including phenoxy) is 4. The smallest absolute Gasteiger partial charge is 0.220 e. The Bertz CT molecular complexity index is 1340. The summed E-state index contributed by atoms with van der Waals surface area (Å²) < 4.78 is 22.9. The zero-order chi connectivity index (χ0) is 56.0. The van der Waals surface area contributed by atoms with Gasteiger partial charge < -0.3 is 65.1 Å². The predicted octanol–water partition coefficient (Wildman–Crippen LogP) is 11.8. The zero-order valence-corrected chi connectivity index (χ0v) is 49.2. The van der Waals surface area contributed by atoms with Gasteiger partial charge in [0.2, 0.25) is 5.91 Å². The highest BCUT2D eigenvalue weighted by atomic mass is 16.7. The number of carbonyl (C=O) groups excluding carboxylic acids is 1. The average Bonchev–Trinajstić information content (AvgIpc) is 3.44. The first kappa shape index (κ1) is 71.8. The molecule has 0 aromatic rings. The molecule has 2 rings (SSSR count). The molecule has 0 aromatic heterocycles. The Hall–Kier alpha value is -1.27. The third-order valence-corrected chi connectivity index (χ3v) is 16.2. The molecule has 456 valence electrons. The second-order valence-electron chi connectivity index (χ2n) is 23.2. The van der Waals surface area contributed by atoms with Crippen molar-refractivity contribution >= 4 is 5.91 Å². The van der Waals surface area contributed by atoms with E-state index in [2.05, 4.69) is 31.3 Å². The maximum atomic E-state index is 13.3. The molecule has 0 aliphatic carbocycles. The van der Waals surface area contributed by atoms with Gasteiger partial charge in [-0.05, 0) is 38.5 Å². The van der Waals surface area contributed by atoms with Gasteiger partial charge in [-0.1, -0.05) is 257 Å². The Labute approximate surface area is 469 Å². The fourth-order valence-corrected chi connectivity index (χ4v) is 11.0. The van der Waals surface area contributed by atoms with Crippen molar-refractivity contribution < 1.29 is 64.6 Å². The van der Waals surface area contributed by atoms with Gasteiger partial charge in [0, 0.05) is 6.42 Å². The highest BCUT2D eigenvalue weighted by Gasteiger charge is 2.51. The zero-order valence-electron chi connectivity index (χ0n) is 49.2. The van der Waals surface area contributed by atoms with Gasteiger partial charge in [-0.2, -0.15) is 0 Å². The second kappa shape index (κ2) is 49.3. The minimum atomic E-state index is -1.78. The molecule has 12 atom stereocenters. The monoisotopic (exact) mass is 1100 g/mol. The van der Waals surface area contributed by atoms with Crippen molar-refractivity contribution in [2.24, 2.45) is 0 Å². The van der Waals surface area contributed by atoms with E-state index in [0.29, 0.717) is 19.3 Å². The van der Waals surface area contributed by atoms with E-state index in [4.69, 9.17) is 18.9 Å². The number of hydrogen-bond acceptors (Lipinski definition) is 13. The highest BCUT2D eigenvalue weighted by Crippen LogP contribution is 2.30. The first-order chi connectivity index (χ1) is 37.6. The Kier molecular flexibility index (Phi) is 46.0. The number of aliphatic hydroxyl groups excluding tert-OH is 8. The van der Waals surface area contributed by atoms with Gasteiger partial charge in [0.1, 0.15) is 48.8 Å². The predicted molar refractivity (Wildman–Crippen MR) is 309 cm³/mol. The summed E-state index contributed by atoms with van der Waals surface area (Å²) in [6, 6.07) is -0.831. The summed E-state index contributed by atoms with van der Waals surface area (Å²) in [6.07, 6.45) is 40.8. The molecular weight excluding hydrogens is 979 g/mol. The number of rotatable bonds is 53. The molecule has 2 fully saturated rings. The van der Waals surface area contributed by atoms with Gasteiger partial charge in [-0.25, -0.2) is 0 Å². The van der Waals surface area contributed by atoms with E-state index in [-0.39, 0.29) is 12.5 Å². The van der Waals surface area contributed by atoms with Crippen LogP contribution < -0.4 is 5.32 Å². The molecule has 2 heterocycles. The lowest BCUT2D eigenvalue weighted by Gasteiger charge is -2.46. The van der Waals surface area contributed by atoms with Crippen molar-refractivity contribution in [3.05, 3.63) is 12.2 Å². The van der Waals surface area contributed by atoms with Crippen LogP contribution in [0.2, 0.25) is 0 Å². The molecule has 0 radical (unpaired) electrons. The third kappa shape index (κ3) is 34.7. The molecule has 12 unspecified atom stereocenters. The van der Waals surface area contributed by atoms with Crippen LogP contribution in [0.1, 0.15) is 290 Å². The first-order valence-electron chi connectivity index (χ1n) is 32.4. The van der Waals surface area contributed by atoms with Crippen molar-refractivity contribution in [1.29, 1.82) is 0 Å². The van der Waals surface area contributed by atoms with Crippen LogP contribution in [0.25, 0.3) is 0 Å². The Morgan fingerprint density at radius 2 is 0.818 bits per heavy atom. The van der Waals surface area contributed by atoms with E-state index in [1.165, 1.54) is 193 Å². The fraction of sp³-hybridized carbons (Fsp3) is 0.952. The minimum Gasteiger partial charge on any atom is -0.394 e. The normalized spacial score (nSPS) is 24.7.